The number of rotatable bonds is 8. The lowest BCUT2D eigenvalue weighted by Crippen LogP contribution is -2.16. The first-order valence-corrected chi connectivity index (χ1v) is 7.26. The van der Waals surface area contributed by atoms with E-state index in [2.05, 4.69) is 28.2 Å². The van der Waals surface area contributed by atoms with E-state index in [1.807, 2.05) is 18.2 Å². The van der Waals surface area contributed by atoms with Crippen LogP contribution in [0, 0.1) is 0 Å². The van der Waals surface area contributed by atoms with Crippen LogP contribution < -0.4 is 11.1 Å². The van der Waals surface area contributed by atoms with Crippen LogP contribution in [-0.2, 0) is 4.74 Å². The molecule has 0 aliphatic carbocycles. The van der Waals surface area contributed by atoms with E-state index in [4.69, 9.17) is 22.7 Å². The molecule has 0 radical (unpaired) electrons. The van der Waals surface area contributed by atoms with Crippen molar-refractivity contribution in [3.8, 4) is 0 Å². The Bertz CT molecular complexity index is 399. The van der Waals surface area contributed by atoms with Crippen LogP contribution in [0.2, 0.25) is 0 Å². The second kappa shape index (κ2) is 8.45. The van der Waals surface area contributed by atoms with Gasteiger partial charge in [0.1, 0.15) is 4.99 Å². The van der Waals surface area contributed by atoms with Gasteiger partial charge in [-0.15, -0.1) is 0 Å². The van der Waals surface area contributed by atoms with E-state index in [0.29, 0.717) is 11.6 Å². The van der Waals surface area contributed by atoms with Crippen molar-refractivity contribution in [2.75, 3.05) is 25.1 Å². The molecule has 0 bridgehead atoms. The second-order valence-electron chi connectivity index (χ2n) is 3.95. The number of anilines is 1. The maximum Gasteiger partial charge on any atom is 0.106 e. The third-order valence-electron chi connectivity index (χ3n) is 2.45. The molecule has 0 aliphatic rings. The summed E-state index contributed by atoms with van der Waals surface area (Å²) < 4.78 is 6.49. The van der Waals surface area contributed by atoms with Gasteiger partial charge in [0.2, 0.25) is 0 Å². The Morgan fingerprint density at radius 2 is 2.22 bits per heavy atom. The fraction of sp³-hybridized carbons (Fsp3) is 0.462. The molecule has 0 heterocycles. The minimum Gasteiger partial charge on any atom is -0.389 e. The highest BCUT2D eigenvalue weighted by Gasteiger charge is 2.05. The summed E-state index contributed by atoms with van der Waals surface area (Å²) in [6.45, 7) is 4.40. The summed E-state index contributed by atoms with van der Waals surface area (Å²) in [6.07, 6.45) is 2.26. The average molecular weight is 331 g/mol. The number of nitrogens with two attached hydrogens (primary N) is 1. The molecule has 0 amide bonds. The predicted octanol–water partition coefficient (Wildman–Crippen LogP) is 3.31. The highest BCUT2D eigenvalue weighted by Crippen LogP contribution is 2.21. The molecule has 3 N–H and O–H groups in total. The Labute approximate surface area is 122 Å². The van der Waals surface area contributed by atoms with Gasteiger partial charge in [-0.3, -0.25) is 0 Å². The van der Waals surface area contributed by atoms with Crippen LogP contribution in [0.5, 0.6) is 0 Å². The molecule has 0 aliphatic heterocycles. The van der Waals surface area contributed by atoms with Gasteiger partial charge in [0.15, 0.2) is 0 Å². The zero-order valence-corrected chi connectivity index (χ0v) is 12.9. The van der Waals surface area contributed by atoms with Gasteiger partial charge in [-0.1, -0.05) is 41.5 Å². The Balaban J connectivity index is 2.45. The summed E-state index contributed by atoms with van der Waals surface area (Å²) >= 11 is 8.45. The molecule has 1 aromatic rings. The van der Waals surface area contributed by atoms with Gasteiger partial charge in [0, 0.05) is 28.9 Å². The zero-order valence-electron chi connectivity index (χ0n) is 10.5. The molecule has 0 saturated heterocycles. The maximum absolute atomic E-state index is 5.68. The molecule has 5 heteroatoms. The first-order valence-electron chi connectivity index (χ1n) is 6.06. The van der Waals surface area contributed by atoms with Crippen LogP contribution >= 0.6 is 28.1 Å². The van der Waals surface area contributed by atoms with Gasteiger partial charge in [0.05, 0.1) is 6.61 Å². The third kappa shape index (κ3) is 5.33. The largest absolute Gasteiger partial charge is 0.389 e. The van der Waals surface area contributed by atoms with Crippen molar-refractivity contribution in [3.05, 3.63) is 28.2 Å². The monoisotopic (exact) mass is 330 g/mol. The minimum atomic E-state index is 0.400. The Kier molecular flexibility index (Phi) is 7.23. The van der Waals surface area contributed by atoms with E-state index in [1.54, 1.807) is 0 Å². The summed E-state index contributed by atoms with van der Waals surface area (Å²) in [4.78, 5) is 0.400. The van der Waals surface area contributed by atoms with Crippen molar-refractivity contribution >= 4 is 38.8 Å². The van der Waals surface area contributed by atoms with Gasteiger partial charge in [0.25, 0.3) is 0 Å². The van der Waals surface area contributed by atoms with Crippen molar-refractivity contribution in [1.82, 2.24) is 0 Å². The number of halogens is 1. The van der Waals surface area contributed by atoms with Gasteiger partial charge >= 0.3 is 0 Å². The van der Waals surface area contributed by atoms with Crippen molar-refractivity contribution in [2.45, 2.75) is 19.8 Å². The van der Waals surface area contributed by atoms with Crippen molar-refractivity contribution in [1.29, 1.82) is 0 Å². The van der Waals surface area contributed by atoms with Gasteiger partial charge in [-0.25, -0.2) is 0 Å². The Morgan fingerprint density at radius 1 is 1.44 bits per heavy atom. The molecule has 0 spiro atoms. The molecule has 0 saturated carbocycles. The lowest BCUT2D eigenvalue weighted by molar-refractivity contribution is 0.141. The summed E-state index contributed by atoms with van der Waals surface area (Å²) in [5.41, 5.74) is 7.48. The van der Waals surface area contributed by atoms with E-state index in [9.17, 15) is 0 Å². The predicted molar refractivity (Wildman–Crippen MR) is 84.2 cm³/mol. The highest BCUT2D eigenvalue weighted by atomic mass is 79.9. The van der Waals surface area contributed by atoms with E-state index < -0.39 is 0 Å². The number of hydrogen-bond acceptors (Lipinski definition) is 3. The molecule has 1 aromatic carbocycles. The Hall–Kier alpha value is -0.650. The van der Waals surface area contributed by atoms with Crippen LogP contribution in [0.15, 0.2) is 22.7 Å². The summed E-state index contributed by atoms with van der Waals surface area (Å²) in [6, 6.07) is 5.81. The van der Waals surface area contributed by atoms with Crippen LogP contribution in [0.3, 0.4) is 0 Å². The molecule has 0 fully saturated rings. The van der Waals surface area contributed by atoms with Crippen LogP contribution in [0.1, 0.15) is 25.3 Å². The lowest BCUT2D eigenvalue weighted by atomic mass is 10.2. The van der Waals surface area contributed by atoms with E-state index in [0.717, 1.165) is 41.7 Å². The average Bonchev–Trinajstić information content (AvgIpc) is 2.33. The molecule has 0 unspecified atom stereocenters. The number of ether oxygens (including phenoxy) is 1. The fourth-order valence-corrected chi connectivity index (χ4v) is 2.02. The minimum absolute atomic E-state index is 0.400. The van der Waals surface area contributed by atoms with E-state index in [1.165, 1.54) is 0 Å². The molecule has 100 valence electrons. The quantitative estimate of drug-likeness (QED) is 0.567. The SMILES string of the molecule is CCCCOCCNc1cc(Br)ccc1C(N)=S. The molecule has 18 heavy (non-hydrogen) atoms. The van der Waals surface area contributed by atoms with Gasteiger partial charge in [-0.05, 0) is 24.6 Å². The van der Waals surface area contributed by atoms with Crippen LogP contribution in [0.4, 0.5) is 5.69 Å². The fourth-order valence-electron chi connectivity index (χ4n) is 1.48. The first-order chi connectivity index (χ1) is 8.65. The van der Waals surface area contributed by atoms with Gasteiger partial charge in [-0.2, -0.15) is 0 Å². The van der Waals surface area contributed by atoms with Crippen LogP contribution in [-0.4, -0.2) is 24.7 Å². The van der Waals surface area contributed by atoms with Gasteiger partial charge < -0.3 is 15.8 Å². The highest BCUT2D eigenvalue weighted by molar-refractivity contribution is 9.10. The molecular formula is C13H19BrN2OS. The number of benzene rings is 1. The van der Waals surface area contributed by atoms with E-state index >= 15 is 0 Å². The smallest absolute Gasteiger partial charge is 0.106 e. The topological polar surface area (TPSA) is 47.3 Å². The number of thiocarbonyl (C=S) groups is 1. The summed E-state index contributed by atoms with van der Waals surface area (Å²) in [5.74, 6) is 0. The molecule has 0 atom stereocenters. The zero-order chi connectivity index (χ0) is 13.4. The van der Waals surface area contributed by atoms with Crippen molar-refractivity contribution < 1.29 is 4.74 Å². The number of hydrogen-bond donors (Lipinski definition) is 2. The van der Waals surface area contributed by atoms with E-state index in [-0.39, 0.29) is 0 Å². The van der Waals surface area contributed by atoms with Crippen LogP contribution in [0.25, 0.3) is 0 Å². The number of nitrogens with one attached hydrogen (secondary N) is 1. The van der Waals surface area contributed by atoms with Crippen molar-refractivity contribution in [2.24, 2.45) is 5.73 Å². The summed E-state index contributed by atoms with van der Waals surface area (Å²) in [7, 11) is 0. The lowest BCUT2D eigenvalue weighted by Gasteiger charge is -2.12. The third-order valence-corrected chi connectivity index (χ3v) is 3.16. The van der Waals surface area contributed by atoms with Crippen molar-refractivity contribution in [3.63, 3.8) is 0 Å². The molecule has 1 rings (SSSR count). The second-order valence-corrected chi connectivity index (χ2v) is 5.30. The molecule has 3 nitrogen and oxygen atoms in total. The summed E-state index contributed by atoms with van der Waals surface area (Å²) in [5, 5.41) is 3.29. The Morgan fingerprint density at radius 3 is 2.89 bits per heavy atom. The molecule has 0 aromatic heterocycles. The first kappa shape index (κ1) is 15.4. The normalized spacial score (nSPS) is 10.3. The standard InChI is InChI=1S/C13H19BrN2OS/c1-2-3-7-17-8-6-16-12-9-10(14)4-5-11(12)13(15)18/h4-5,9,16H,2-3,6-8H2,1H3,(H2,15,18). The maximum atomic E-state index is 5.68. The molecular weight excluding hydrogens is 312 g/mol. The number of unbranched alkanes of at least 4 members (excludes halogenated alkanes) is 1.